The van der Waals surface area contributed by atoms with Crippen LogP contribution in [0.3, 0.4) is 0 Å². The molecule has 0 N–H and O–H groups in total. The lowest BCUT2D eigenvalue weighted by molar-refractivity contribution is -0.112. The summed E-state index contributed by atoms with van der Waals surface area (Å²) >= 11 is 0. The first kappa shape index (κ1) is 13.5. The van der Waals surface area contributed by atoms with Gasteiger partial charge >= 0.3 is 0 Å². The molecule has 4 nitrogen and oxygen atoms in total. The monoisotopic (exact) mass is 303 g/mol. The van der Waals surface area contributed by atoms with Crippen LogP contribution in [0, 0.1) is 0 Å². The van der Waals surface area contributed by atoms with E-state index in [-0.39, 0.29) is 11.3 Å². The van der Waals surface area contributed by atoms with Crippen molar-refractivity contribution in [2.45, 2.75) is 0 Å². The Balaban J connectivity index is 1.93. The summed E-state index contributed by atoms with van der Waals surface area (Å²) in [7, 11) is 1.73. The van der Waals surface area contributed by atoms with E-state index in [0.717, 1.165) is 11.3 Å². The summed E-state index contributed by atoms with van der Waals surface area (Å²) in [5, 5.41) is 0.508. The van der Waals surface area contributed by atoms with Crippen molar-refractivity contribution in [1.82, 2.24) is 0 Å². The SMILES string of the molecule is CN1C(=O)/C(=C\c2coc3ccccc3c2=O)c2ccccc21. The van der Waals surface area contributed by atoms with Crippen molar-refractivity contribution in [2.24, 2.45) is 0 Å². The fraction of sp³-hybridized carbons (Fsp3) is 0.0526. The molecule has 23 heavy (non-hydrogen) atoms. The Morgan fingerprint density at radius 2 is 1.74 bits per heavy atom. The van der Waals surface area contributed by atoms with Gasteiger partial charge in [0, 0.05) is 12.6 Å². The van der Waals surface area contributed by atoms with Crippen molar-refractivity contribution in [3.8, 4) is 0 Å². The van der Waals surface area contributed by atoms with E-state index >= 15 is 0 Å². The zero-order valence-electron chi connectivity index (χ0n) is 12.4. The molecule has 0 bridgehead atoms. The number of likely N-dealkylation sites (N-methyl/N-ethyl adjacent to an activating group) is 1. The molecule has 1 amide bonds. The Hall–Kier alpha value is -3.14. The van der Waals surface area contributed by atoms with E-state index in [4.69, 9.17) is 4.42 Å². The molecule has 0 saturated carbocycles. The maximum atomic E-state index is 12.6. The molecule has 0 saturated heterocycles. The maximum Gasteiger partial charge on any atom is 0.258 e. The molecular weight excluding hydrogens is 290 g/mol. The van der Waals surface area contributed by atoms with Crippen LogP contribution in [0.4, 0.5) is 5.69 Å². The van der Waals surface area contributed by atoms with E-state index in [1.807, 2.05) is 30.3 Å². The Labute approximate surface area is 132 Å². The average Bonchev–Trinajstić information content (AvgIpc) is 2.83. The van der Waals surface area contributed by atoms with Crippen LogP contribution >= 0.6 is 0 Å². The van der Waals surface area contributed by atoms with Crippen molar-refractivity contribution < 1.29 is 9.21 Å². The predicted molar refractivity (Wildman–Crippen MR) is 90.2 cm³/mol. The molecule has 0 radical (unpaired) electrons. The van der Waals surface area contributed by atoms with Gasteiger partial charge in [-0.25, -0.2) is 0 Å². The van der Waals surface area contributed by atoms with Crippen LogP contribution in [-0.2, 0) is 4.79 Å². The molecule has 0 fully saturated rings. The van der Waals surface area contributed by atoms with E-state index in [0.29, 0.717) is 22.1 Å². The highest BCUT2D eigenvalue weighted by Gasteiger charge is 2.29. The summed E-state index contributed by atoms with van der Waals surface area (Å²) in [4.78, 5) is 26.6. The first-order chi connectivity index (χ1) is 11.2. The highest BCUT2D eigenvalue weighted by atomic mass is 16.3. The molecular formula is C19H13NO3. The van der Waals surface area contributed by atoms with Gasteiger partial charge < -0.3 is 9.32 Å². The smallest absolute Gasteiger partial charge is 0.258 e. The Bertz CT molecular complexity index is 1030. The fourth-order valence-electron chi connectivity index (χ4n) is 2.89. The van der Waals surface area contributed by atoms with Crippen LogP contribution in [0.2, 0.25) is 0 Å². The third-order valence-electron chi connectivity index (χ3n) is 4.10. The van der Waals surface area contributed by atoms with Gasteiger partial charge in [0.1, 0.15) is 11.8 Å². The minimum atomic E-state index is -0.140. The third-order valence-corrected chi connectivity index (χ3v) is 4.10. The van der Waals surface area contributed by atoms with E-state index in [1.165, 1.54) is 6.26 Å². The van der Waals surface area contributed by atoms with E-state index in [9.17, 15) is 9.59 Å². The lowest BCUT2D eigenvalue weighted by Gasteiger charge is -2.07. The van der Waals surface area contributed by atoms with Crippen molar-refractivity contribution >= 4 is 34.2 Å². The van der Waals surface area contributed by atoms with Crippen LogP contribution < -0.4 is 10.3 Å². The van der Waals surface area contributed by atoms with Crippen LogP contribution in [0.15, 0.2) is 64.0 Å². The summed E-state index contributed by atoms with van der Waals surface area (Å²) in [6.45, 7) is 0. The van der Waals surface area contributed by atoms with Gasteiger partial charge in [-0.3, -0.25) is 9.59 Å². The van der Waals surface area contributed by atoms with Gasteiger partial charge in [0.2, 0.25) is 0 Å². The van der Waals surface area contributed by atoms with Gasteiger partial charge in [-0.15, -0.1) is 0 Å². The molecule has 1 aromatic heterocycles. The Kier molecular flexibility index (Phi) is 2.91. The highest BCUT2D eigenvalue weighted by molar-refractivity contribution is 6.35. The van der Waals surface area contributed by atoms with Gasteiger partial charge in [-0.05, 0) is 24.3 Å². The quantitative estimate of drug-likeness (QED) is 0.648. The number of hydrogen-bond acceptors (Lipinski definition) is 3. The van der Waals surface area contributed by atoms with Crippen molar-refractivity contribution in [2.75, 3.05) is 11.9 Å². The molecule has 0 atom stereocenters. The second-order valence-corrected chi connectivity index (χ2v) is 5.46. The van der Waals surface area contributed by atoms with Crippen molar-refractivity contribution in [3.05, 3.63) is 76.1 Å². The summed E-state index contributed by atoms with van der Waals surface area (Å²) in [6.07, 6.45) is 3.02. The Morgan fingerprint density at radius 3 is 2.61 bits per heavy atom. The van der Waals surface area contributed by atoms with E-state index < -0.39 is 0 Å². The highest BCUT2D eigenvalue weighted by Crippen LogP contribution is 2.36. The topological polar surface area (TPSA) is 50.5 Å². The molecule has 0 unspecified atom stereocenters. The van der Waals surface area contributed by atoms with Crippen LogP contribution in [-0.4, -0.2) is 13.0 Å². The molecule has 2 heterocycles. The maximum absolute atomic E-state index is 12.6. The van der Waals surface area contributed by atoms with Crippen molar-refractivity contribution in [1.29, 1.82) is 0 Å². The summed E-state index contributed by atoms with van der Waals surface area (Å²) < 4.78 is 5.51. The van der Waals surface area contributed by atoms with Crippen LogP contribution in [0.1, 0.15) is 11.1 Å². The number of rotatable bonds is 1. The minimum absolute atomic E-state index is 0.126. The first-order valence-electron chi connectivity index (χ1n) is 7.26. The Morgan fingerprint density at radius 1 is 1.00 bits per heavy atom. The van der Waals surface area contributed by atoms with Gasteiger partial charge in [0.25, 0.3) is 5.91 Å². The lowest BCUT2D eigenvalue weighted by Crippen LogP contribution is -2.20. The zero-order chi connectivity index (χ0) is 16.0. The molecule has 1 aliphatic heterocycles. The number of para-hydroxylation sites is 2. The number of benzene rings is 2. The minimum Gasteiger partial charge on any atom is -0.463 e. The zero-order valence-corrected chi connectivity index (χ0v) is 12.4. The molecule has 4 heteroatoms. The lowest BCUT2D eigenvalue weighted by atomic mass is 10.0. The molecule has 1 aliphatic rings. The molecule has 2 aromatic carbocycles. The number of carbonyl (C=O) groups excluding carboxylic acids is 1. The molecule has 3 aromatic rings. The standard InChI is InChI=1S/C19H13NO3/c1-20-16-8-4-2-6-13(16)15(19(20)22)10-12-11-23-17-9-5-3-7-14(17)18(12)21/h2-11H,1H3/b15-10-. The molecule has 0 spiro atoms. The number of hydrogen-bond donors (Lipinski definition) is 0. The van der Waals surface area contributed by atoms with Gasteiger partial charge in [0.05, 0.1) is 22.2 Å². The van der Waals surface area contributed by atoms with Gasteiger partial charge in [-0.1, -0.05) is 30.3 Å². The van der Waals surface area contributed by atoms with Crippen LogP contribution in [0.5, 0.6) is 0 Å². The number of carbonyl (C=O) groups is 1. The summed E-state index contributed by atoms with van der Waals surface area (Å²) in [6, 6.07) is 14.6. The van der Waals surface area contributed by atoms with Crippen molar-refractivity contribution in [3.63, 3.8) is 0 Å². The largest absolute Gasteiger partial charge is 0.463 e. The number of nitrogens with zero attached hydrogens (tertiary/aromatic N) is 1. The van der Waals surface area contributed by atoms with Gasteiger partial charge in [-0.2, -0.15) is 0 Å². The van der Waals surface area contributed by atoms with E-state index in [2.05, 4.69) is 0 Å². The summed E-state index contributed by atoms with van der Waals surface area (Å²) in [5.41, 5.74) is 2.94. The molecule has 112 valence electrons. The fourth-order valence-corrected chi connectivity index (χ4v) is 2.89. The molecule has 4 rings (SSSR count). The normalized spacial score (nSPS) is 15.4. The van der Waals surface area contributed by atoms with E-state index in [1.54, 1.807) is 36.2 Å². The molecule has 0 aliphatic carbocycles. The number of fused-ring (bicyclic) bond motifs is 2. The second kappa shape index (κ2) is 4.95. The second-order valence-electron chi connectivity index (χ2n) is 5.46. The first-order valence-corrected chi connectivity index (χ1v) is 7.26. The summed E-state index contributed by atoms with van der Waals surface area (Å²) in [5.74, 6) is -0.126. The predicted octanol–water partition coefficient (Wildman–Crippen LogP) is 3.31. The van der Waals surface area contributed by atoms with Crippen LogP contribution in [0.25, 0.3) is 22.6 Å². The average molecular weight is 303 g/mol. The number of amides is 1. The number of anilines is 1. The third kappa shape index (κ3) is 1.99. The van der Waals surface area contributed by atoms with Gasteiger partial charge in [0.15, 0.2) is 5.43 Å².